The number of anilines is 1. The van der Waals surface area contributed by atoms with Gasteiger partial charge in [0.05, 0.1) is 28.8 Å². The molecule has 150 valence electrons. The third-order valence-electron chi connectivity index (χ3n) is 4.17. The molecule has 0 saturated heterocycles. The van der Waals surface area contributed by atoms with Gasteiger partial charge in [-0.1, -0.05) is 29.3 Å². The number of halogens is 1. The van der Waals surface area contributed by atoms with E-state index in [1.165, 1.54) is 35.7 Å². The van der Waals surface area contributed by atoms with Crippen molar-refractivity contribution in [3.8, 4) is 0 Å². The fourth-order valence-electron chi connectivity index (χ4n) is 2.79. The number of amides is 3. The van der Waals surface area contributed by atoms with E-state index in [2.05, 4.69) is 10.3 Å². The lowest BCUT2D eigenvalue weighted by atomic mass is 10.1. The predicted octanol–water partition coefficient (Wildman–Crippen LogP) is 2.83. The van der Waals surface area contributed by atoms with Crippen molar-refractivity contribution in [1.29, 1.82) is 0 Å². The van der Waals surface area contributed by atoms with Gasteiger partial charge in [0.15, 0.2) is 5.13 Å². The van der Waals surface area contributed by atoms with Gasteiger partial charge in [0.25, 0.3) is 17.7 Å². The summed E-state index contributed by atoms with van der Waals surface area (Å²) in [6.45, 7) is 0. The number of hydroxylamine groups is 2. The molecular formula is C20H12FN3O5S. The van der Waals surface area contributed by atoms with Crippen molar-refractivity contribution < 1.29 is 28.4 Å². The van der Waals surface area contributed by atoms with Crippen LogP contribution in [0, 0.1) is 5.82 Å². The van der Waals surface area contributed by atoms with Crippen molar-refractivity contribution >= 4 is 40.2 Å². The zero-order valence-corrected chi connectivity index (χ0v) is 15.9. The lowest BCUT2D eigenvalue weighted by Crippen LogP contribution is -2.33. The van der Waals surface area contributed by atoms with E-state index in [0.717, 1.165) is 17.4 Å². The first-order valence-corrected chi connectivity index (χ1v) is 9.51. The molecule has 0 fully saturated rings. The van der Waals surface area contributed by atoms with E-state index in [-0.39, 0.29) is 33.9 Å². The van der Waals surface area contributed by atoms with E-state index in [9.17, 15) is 23.6 Å². The van der Waals surface area contributed by atoms with Crippen molar-refractivity contribution in [2.24, 2.45) is 0 Å². The molecule has 2 heterocycles. The molecule has 0 bridgehead atoms. The van der Waals surface area contributed by atoms with Crippen LogP contribution in [0.2, 0.25) is 0 Å². The maximum Gasteiger partial charge on any atom is 0.339 e. The molecule has 0 saturated carbocycles. The van der Waals surface area contributed by atoms with Gasteiger partial charge in [-0.25, -0.2) is 14.2 Å². The Morgan fingerprint density at radius 2 is 1.67 bits per heavy atom. The molecule has 8 nitrogen and oxygen atoms in total. The Hall–Kier alpha value is -3.92. The Kier molecular flexibility index (Phi) is 5.07. The summed E-state index contributed by atoms with van der Waals surface area (Å²) in [5.41, 5.74) is 0.425. The number of rotatable bonds is 5. The highest BCUT2D eigenvalue weighted by atomic mass is 32.1. The van der Waals surface area contributed by atoms with Crippen LogP contribution in [0.5, 0.6) is 0 Å². The molecular weight excluding hydrogens is 413 g/mol. The molecule has 30 heavy (non-hydrogen) atoms. The van der Waals surface area contributed by atoms with E-state index >= 15 is 0 Å². The summed E-state index contributed by atoms with van der Waals surface area (Å²) < 4.78 is 13.7. The SMILES string of the molecule is O=C(Cc1csc(NC(=O)c2ccccc2F)n1)ON1C(=O)c2ccccc2C1=O. The molecule has 2 aromatic carbocycles. The molecule has 0 spiro atoms. The molecule has 1 aliphatic heterocycles. The second kappa shape index (κ2) is 7.84. The number of imide groups is 1. The zero-order valence-electron chi connectivity index (χ0n) is 15.1. The second-order valence-corrected chi connectivity index (χ2v) is 7.03. The van der Waals surface area contributed by atoms with Crippen molar-refractivity contribution in [2.45, 2.75) is 6.42 Å². The summed E-state index contributed by atoms with van der Waals surface area (Å²) in [6, 6.07) is 11.6. The van der Waals surface area contributed by atoms with Crippen LogP contribution in [0.4, 0.5) is 9.52 Å². The Morgan fingerprint density at radius 3 is 2.33 bits per heavy atom. The van der Waals surface area contributed by atoms with E-state index in [1.54, 1.807) is 12.1 Å². The fourth-order valence-corrected chi connectivity index (χ4v) is 3.49. The summed E-state index contributed by atoms with van der Waals surface area (Å²) in [5.74, 6) is -3.67. The van der Waals surface area contributed by atoms with Gasteiger partial charge >= 0.3 is 5.97 Å². The quantitative estimate of drug-likeness (QED) is 0.630. The Bertz CT molecular complexity index is 1160. The lowest BCUT2D eigenvalue weighted by Gasteiger charge is -2.12. The van der Waals surface area contributed by atoms with Gasteiger partial charge in [-0.2, -0.15) is 0 Å². The molecule has 10 heteroatoms. The van der Waals surface area contributed by atoms with E-state index in [0.29, 0.717) is 5.06 Å². The molecule has 3 amide bonds. The maximum atomic E-state index is 13.7. The molecule has 1 aromatic heterocycles. The van der Waals surface area contributed by atoms with E-state index in [1.807, 2.05) is 0 Å². The Balaban J connectivity index is 1.38. The van der Waals surface area contributed by atoms with Crippen LogP contribution in [0.3, 0.4) is 0 Å². The Labute approximate surface area is 172 Å². The third-order valence-corrected chi connectivity index (χ3v) is 4.97. The monoisotopic (exact) mass is 425 g/mol. The minimum atomic E-state index is -0.873. The van der Waals surface area contributed by atoms with Crippen molar-refractivity contribution in [3.63, 3.8) is 0 Å². The number of nitrogens with zero attached hydrogens (tertiary/aromatic N) is 2. The van der Waals surface area contributed by atoms with Crippen LogP contribution in [-0.4, -0.2) is 33.7 Å². The minimum absolute atomic E-state index is 0.140. The molecule has 1 aliphatic rings. The highest BCUT2D eigenvalue weighted by Gasteiger charge is 2.38. The summed E-state index contributed by atoms with van der Waals surface area (Å²) >= 11 is 1.03. The number of hydrogen-bond donors (Lipinski definition) is 1. The number of benzene rings is 2. The maximum absolute atomic E-state index is 13.7. The number of carbonyl (C=O) groups is 4. The third kappa shape index (κ3) is 3.67. The van der Waals surface area contributed by atoms with Crippen molar-refractivity contribution in [2.75, 3.05) is 5.32 Å². The summed E-state index contributed by atoms with van der Waals surface area (Å²) in [7, 11) is 0. The van der Waals surface area contributed by atoms with Gasteiger partial charge in [0, 0.05) is 5.38 Å². The molecule has 0 radical (unpaired) electrons. The Morgan fingerprint density at radius 1 is 1.03 bits per heavy atom. The number of nitrogens with one attached hydrogen (secondary N) is 1. The smallest absolute Gasteiger partial charge is 0.329 e. The van der Waals surface area contributed by atoms with Crippen molar-refractivity contribution in [3.05, 3.63) is 82.1 Å². The molecule has 3 aromatic rings. The van der Waals surface area contributed by atoms with Gasteiger partial charge in [-0.05, 0) is 24.3 Å². The summed E-state index contributed by atoms with van der Waals surface area (Å²) in [6.07, 6.45) is -0.334. The average Bonchev–Trinajstić information content (AvgIpc) is 3.26. The minimum Gasteiger partial charge on any atom is -0.329 e. The molecule has 4 rings (SSSR count). The van der Waals surface area contributed by atoms with E-state index in [4.69, 9.17) is 4.84 Å². The topological polar surface area (TPSA) is 106 Å². The first-order valence-electron chi connectivity index (χ1n) is 8.63. The number of aromatic nitrogens is 1. The average molecular weight is 425 g/mol. The van der Waals surface area contributed by atoms with Crippen LogP contribution in [0.1, 0.15) is 36.8 Å². The molecule has 1 N–H and O–H groups in total. The molecule has 0 unspecified atom stereocenters. The molecule has 0 atom stereocenters. The number of thiazole rings is 1. The van der Waals surface area contributed by atoms with Gasteiger partial charge in [0.2, 0.25) is 0 Å². The second-order valence-electron chi connectivity index (χ2n) is 6.17. The lowest BCUT2D eigenvalue weighted by molar-refractivity contribution is -0.167. The number of fused-ring (bicyclic) bond motifs is 1. The first-order chi connectivity index (χ1) is 14.4. The largest absolute Gasteiger partial charge is 0.339 e. The first kappa shape index (κ1) is 19.4. The van der Waals surface area contributed by atoms with Gasteiger partial charge < -0.3 is 4.84 Å². The van der Waals surface area contributed by atoms with Crippen LogP contribution in [-0.2, 0) is 16.1 Å². The normalized spacial score (nSPS) is 12.6. The standard InChI is InChI=1S/C20H12FN3O5S/c21-15-8-4-3-7-14(15)17(26)23-20-22-11(10-30-20)9-16(25)29-24-18(27)12-5-1-2-6-13(12)19(24)28/h1-8,10H,9H2,(H,22,23,26). The van der Waals surface area contributed by atoms with Gasteiger partial charge in [-0.15, -0.1) is 11.3 Å². The number of carbonyl (C=O) groups excluding carboxylic acids is 4. The highest BCUT2D eigenvalue weighted by Crippen LogP contribution is 2.23. The van der Waals surface area contributed by atoms with Crippen LogP contribution < -0.4 is 5.32 Å². The summed E-state index contributed by atoms with van der Waals surface area (Å²) in [4.78, 5) is 57.7. The molecule has 0 aliphatic carbocycles. The summed E-state index contributed by atoms with van der Waals surface area (Å²) in [5, 5.41) is 4.53. The van der Waals surface area contributed by atoms with E-state index < -0.39 is 29.5 Å². The van der Waals surface area contributed by atoms with Crippen molar-refractivity contribution in [1.82, 2.24) is 10.0 Å². The van der Waals surface area contributed by atoms with Gasteiger partial charge in [-0.3, -0.25) is 19.7 Å². The van der Waals surface area contributed by atoms with Crippen LogP contribution in [0.25, 0.3) is 0 Å². The van der Waals surface area contributed by atoms with Crippen LogP contribution in [0.15, 0.2) is 53.9 Å². The number of hydrogen-bond acceptors (Lipinski definition) is 7. The predicted molar refractivity (Wildman–Crippen MR) is 103 cm³/mol. The van der Waals surface area contributed by atoms with Gasteiger partial charge in [0.1, 0.15) is 5.82 Å². The zero-order chi connectivity index (χ0) is 21.3. The van der Waals surface area contributed by atoms with Crippen LogP contribution >= 0.6 is 11.3 Å². The highest BCUT2D eigenvalue weighted by molar-refractivity contribution is 7.14. The fraction of sp³-hybridized carbons (Fsp3) is 0.0500.